The molecule has 0 aromatic carbocycles. The van der Waals surface area contributed by atoms with Crippen LogP contribution in [-0.2, 0) is 11.3 Å². The maximum atomic E-state index is 13.1. The number of nitrogens with one attached hydrogen (secondary N) is 1. The van der Waals surface area contributed by atoms with Crippen LogP contribution in [0.3, 0.4) is 0 Å². The first-order valence-corrected chi connectivity index (χ1v) is 12.0. The maximum Gasteiger partial charge on any atom is 0.263 e. The highest BCUT2D eigenvalue weighted by atomic mass is 32.2. The van der Waals surface area contributed by atoms with Gasteiger partial charge in [-0.2, -0.15) is 0 Å². The summed E-state index contributed by atoms with van der Waals surface area (Å²) in [5.41, 5.74) is 1.04. The van der Waals surface area contributed by atoms with E-state index in [1.54, 1.807) is 15.9 Å². The number of hydrogen-bond donors (Lipinski definition) is 1. The minimum absolute atomic E-state index is 0.0179. The Morgan fingerprint density at radius 3 is 2.71 bits per heavy atom. The molecule has 1 saturated carbocycles. The highest BCUT2D eigenvalue weighted by Gasteiger charge is 2.23. The lowest BCUT2D eigenvalue weighted by Gasteiger charge is -2.29. The van der Waals surface area contributed by atoms with Crippen molar-refractivity contribution in [3.63, 3.8) is 0 Å². The molecule has 0 spiro atoms. The first-order chi connectivity index (χ1) is 13.3. The van der Waals surface area contributed by atoms with Gasteiger partial charge in [0.25, 0.3) is 5.56 Å². The number of amides is 1. The maximum absolute atomic E-state index is 13.1. The predicted octanol–water partition coefficient (Wildman–Crippen LogP) is 4.52. The number of aromatic nitrogens is 2. The van der Waals surface area contributed by atoms with E-state index in [2.05, 4.69) is 26.1 Å². The number of aryl methyl sites for hydroxylation is 2. The second kappa shape index (κ2) is 8.99. The molecule has 2 heterocycles. The fourth-order valence-corrected chi connectivity index (χ4v) is 5.74. The summed E-state index contributed by atoms with van der Waals surface area (Å²) in [6.07, 6.45) is 4.69. The average Bonchev–Trinajstić information content (AvgIpc) is 2.92. The summed E-state index contributed by atoms with van der Waals surface area (Å²) >= 11 is 2.94. The average molecular weight is 422 g/mol. The first kappa shape index (κ1) is 21.4. The van der Waals surface area contributed by atoms with E-state index in [-0.39, 0.29) is 17.5 Å². The molecule has 7 heteroatoms. The fraction of sp³-hybridized carbons (Fsp3) is 0.667. The highest BCUT2D eigenvalue weighted by molar-refractivity contribution is 7.99. The SMILES string of the molecule is Cc1sc2nc(SCC(=O)N[C@@H]3CCCC[C@@H]3C)n(CC(C)C)c(=O)c2c1C. The summed E-state index contributed by atoms with van der Waals surface area (Å²) in [6, 6.07) is 0.276. The summed E-state index contributed by atoms with van der Waals surface area (Å²) in [4.78, 5) is 32.3. The molecule has 154 valence electrons. The van der Waals surface area contributed by atoms with Gasteiger partial charge in [-0.25, -0.2) is 4.98 Å². The van der Waals surface area contributed by atoms with E-state index in [4.69, 9.17) is 4.98 Å². The summed E-state index contributed by atoms with van der Waals surface area (Å²) in [5.74, 6) is 1.19. The largest absolute Gasteiger partial charge is 0.352 e. The van der Waals surface area contributed by atoms with Gasteiger partial charge in [-0.1, -0.05) is 45.4 Å². The highest BCUT2D eigenvalue weighted by Crippen LogP contribution is 2.29. The van der Waals surface area contributed by atoms with Gasteiger partial charge in [-0.3, -0.25) is 14.2 Å². The summed E-state index contributed by atoms with van der Waals surface area (Å²) < 4.78 is 1.76. The van der Waals surface area contributed by atoms with Crippen LogP contribution in [0, 0.1) is 25.7 Å². The Balaban J connectivity index is 1.81. The van der Waals surface area contributed by atoms with Crippen LogP contribution in [0.1, 0.15) is 56.9 Å². The molecule has 0 aliphatic heterocycles. The second-order valence-corrected chi connectivity index (χ2v) is 10.5. The number of rotatable bonds is 6. The zero-order chi connectivity index (χ0) is 20.4. The Bertz CT molecular complexity index is 916. The lowest BCUT2D eigenvalue weighted by Crippen LogP contribution is -2.42. The van der Waals surface area contributed by atoms with E-state index in [1.807, 2.05) is 13.8 Å². The molecule has 1 N–H and O–H groups in total. The molecule has 3 rings (SSSR count). The minimum atomic E-state index is 0.0179. The third-order valence-electron chi connectivity index (χ3n) is 5.59. The van der Waals surface area contributed by atoms with E-state index in [0.29, 0.717) is 29.3 Å². The number of fused-ring (bicyclic) bond motifs is 1. The van der Waals surface area contributed by atoms with Crippen LogP contribution >= 0.6 is 23.1 Å². The quantitative estimate of drug-likeness (QED) is 0.550. The van der Waals surface area contributed by atoms with E-state index in [1.165, 1.54) is 31.0 Å². The van der Waals surface area contributed by atoms with Crippen molar-refractivity contribution in [2.75, 3.05) is 5.75 Å². The van der Waals surface area contributed by atoms with Crippen LogP contribution in [0.4, 0.5) is 0 Å². The Kier molecular flexibility index (Phi) is 6.86. The Morgan fingerprint density at radius 1 is 1.32 bits per heavy atom. The van der Waals surface area contributed by atoms with Crippen LogP contribution in [0.15, 0.2) is 9.95 Å². The van der Waals surface area contributed by atoms with Gasteiger partial charge in [0.15, 0.2) is 5.16 Å². The number of thiophene rings is 1. The van der Waals surface area contributed by atoms with Gasteiger partial charge in [0.2, 0.25) is 5.91 Å². The Labute approximate surface area is 175 Å². The van der Waals surface area contributed by atoms with Gasteiger partial charge in [-0.05, 0) is 44.1 Å². The van der Waals surface area contributed by atoms with Gasteiger partial charge in [-0.15, -0.1) is 11.3 Å². The van der Waals surface area contributed by atoms with Crippen molar-refractivity contribution in [1.29, 1.82) is 0 Å². The van der Waals surface area contributed by atoms with Gasteiger partial charge >= 0.3 is 0 Å². The predicted molar refractivity (Wildman–Crippen MR) is 118 cm³/mol. The third kappa shape index (κ3) is 4.62. The van der Waals surface area contributed by atoms with Gasteiger partial charge in [0.1, 0.15) is 4.83 Å². The lowest BCUT2D eigenvalue weighted by molar-refractivity contribution is -0.119. The molecule has 2 aromatic heterocycles. The molecule has 1 fully saturated rings. The summed E-state index contributed by atoms with van der Waals surface area (Å²) in [6.45, 7) is 11.0. The number of carbonyl (C=O) groups is 1. The molecule has 28 heavy (non-hydrogen) atoms. The molecule has 1 aliphatic carbocycles. The van der Waals surface area contributed by atoms with E-state index < -0.39 is 0 Å². The first-order valence-electron chi connectivity index (χ1n) is 10.2. The van der Waals surface area contributed by atoms with Crippen LogP contribution in [0.5, 0.6) is 0 Å². The third-order valence-corrected chi connectivity index (χ3v) is 7.67. The van der Waals surface area contributed by atoms with E-state index in [9.17, 15) is 9.59 Å². The van der Waals surface area contributed by atoms with Crippen molar-refractivity contribution in [1.82, 2.24) is 14.9 Å². The Hall–Kier alpha value is -1.34. The molecule has 1 amide bonds. The van der Waals surface area contributed by atoms with Gasteiger partial charge < -0.3 is 5.32 Å². The van der Waals surface area contributed by atoms with E-state index in [0.717, 1.165) is 27.1 Å². The van der Waals surface area contributed by atoms with Crippen LogP contribution in [0.25, 0.3) is 10.2 Å². The molecular formula is C21H31N3O2S2. The van der Waals surface area contributed by atoms with Crippen LogP contribution in [-0.4, -0.2) is 27.3 Å². The molecule has 1 aliphatic rings. The number of hydrogen-bond acceptors (Lipinski definition) is 5. The molecule has 0 unspecified atom stereocenters. The van der Waals surface area contributed by atoms with Crippen LogP contribution < -0.4 is 10.9 Å². The van der Waals surface area contributed by atoms with Gasteiger partial charge in [0, 0.05) is 17.5 Å². The molecule has 0 bridgehead atoms. The van der Waals surface area contributed by atoms with Crippen molar-refractivity contribution in [3.8, 4) is 0 Å². The normalized spacial score (nSPS) is 20.1. The number of carbonyl (C=O) groups excluding carboxylic acids is 1. The molecule has 2 atom stereocenters. The molecule has 2 aromatic rings. The molecule has 5 nitrogen and oxygen atoms in total. The lowest BCUT2D eigenvalue weighted by atomic mass is 9.86. The van der Waals surface area contributed by atoms with Crippen molar-refractivity contribution in [3.05, 3.63) is 20.8 Å². The van der Waals surface area contributed by atoms with Crippen LogP contribution in [0.2, 0.25) is 0 Å². The molecule has 0 radical (unpaired) electrons. The monoisotopic (exact) mass is 421 g/mol. The summed E-state index contributed by atoms with van der Waals surface area (Å²) in [5, 5.41) is 4.57. The topological polar surface area (TPSA) is 64.0 Å². The number of nitrogens with zero attached hydrogens (tertiary/aromatic N) is 2. The number of thioether (sulfide) groups is 1. The zero-order valence-electron chi connectivity index (χ0n) is 17.5. The zero-order valence-corrected chi connectivity index (χ0v) is 19.1. The van der Waals surface area contributed by atoms with Crippen molar-refractivity contribution in [2.45, 2.75) is 78.0 Å². The summed E-state index contributed by atoms with van der Waals surface area (Å²) in [7, 11) is 0. The smallest absolute Gasteiger partial charge is 0.263 e. The van der Waals surface area contributed by atoms with Gasteiger partial charge in [0.05, 0.1) is 11.1 Å². The standard InChI is InChI=1S/C21H31N3O2S2/c1-12(2)10-24-20(26)18-14(4)15(5)28-19(18)23-21(24)27-11-17(25)22-16-9-7-6-8-13(16)3/h12-13,16H,6-11H2,1-5H3,(H,22,25)/t13-,16+/m0/s1. The Morgan fingerprint density at radius 2 is 2.04 bits per heavy atom. The van der Waals surface area contributed by atoms with E-state index >= 15 is 0 Å². The molecular weight excluding hydrogens is 390 g/mol. The van der Waals surface area contributed by atoms with Crippen molar-refractivity contribution < 1.29 is 4.79 Å². The minimum Gasteiger partial charge on any atom is -0.352 e. The molecule has 0 saturated heterocycles. The van der Waals surface area contributed by atoms with Crippen molar-refractivity contribution in [2.24, 2.45) is 11.8 Å². The second-order valence-electron chi connectivity index (χ2n) is 8.39. The van der Waals surface area contributed by atoms with Crippen molar-refractivity contribution >= 4 is 39.2 Å². The fourth-order valence-electron chi connectivity index (χ4n) is 3.85.